The first-order valence-electron chi connectivity index (χ1n) is 8.32. The van der Waals surface area contributed by atoms with Crippen molar-refractivity contribution in [3.05, 3.63) is 68.6 Å². The highest BCUT2D eigenvalue weighted by Crippen LogP contribution is 2.20. The first kappa shape index (κ1) is 18.5. The van der Waals surface area contributed by atoms with Crippen LogP contribution in [-0.2, 0) is 19.7 Å². The fourth-order valence-corrected chi connectivity index (χ4v) is 3.53. The number of aromatic nitrogens is 2. The molecule has 136 valence electrons. The van der Waals surface area contributed by atoms with E-state index in [1.54, 1.807) is 18.3 Å². The number of benzene rings is 1. The standard InChI is InChI=1S/C19H20ClN3O2S/c1-3-23-13(2)15(10-22-23)9-21-19(24)18-7-14(12-26-18)11-25-17-6-4-5-16(20)8-17/h4-8,10,12H,3,9,11H2,1-2H3,(H,21,24). The van der Waals surface area contributed by atoms with Gasteiger partial charge in [-0.05, 0) is 43.5 Å². The maximum atomic E-state index is 12.4. The van der Waals surface area contributed by atoms with E-state index >= 15 is 0 Å². The minimum atomic E-state index is -0.0901. The minimum Gasteiger partial charge on any atom is -0.489 e. The maximum absolute atomic E-state index is 12.4. The second-order valence-electron chi connectivity index (χ2n) is 5.82. The summed E-state index contributed by atoms with van der Waals surface area (Å²) in [6, 6.07) is 9.11. The topological polar surface area (TPSA) is 56.2 Å². The van der Waals surface area contributed by atoms with Crippen LogP contribution in [0, 0.1) is 6.92 Å². The number of halogens is 1. The molecule has 0 saturated carbocycles. The number of ether oxygens (including phenoxy) is 1. The van der Waals surface area contributed by atoms with Gasteiger partial charge in [0, 0.05) is 34.9 Å². The number of amides is 1. The molecule has 2 heterocycles. The largest absolute Gasteiger partial charge is 0.489 e. The average Bonchev–Trinajstić information content (AvgIpc) is 3.25. The lowest BCUT2D eigenvalue weighted by atomic mass is 10.2. The number of thiophene rings is 1. The zero-order valence-corrected chi connectivity index (χ0v) is 16.2. The fourth-order valence-electron chi connectivity index (χ4n) is 2.53. The van der Waals surface area contributed by atoms with Gasteiger partial charge in [0.25, 0.3) is 5.91 Å². The maximum Gasteiger partial charge on any atom is 0.261 e. The number of nitrogens with one attached hydrogen (secondary N) is 1. The molecular weight excluding hydrogens is 370 g/mol. The summed E-state index contributed by atoms with van der Waals surface area (Å²) >= 11 is 7.35. The highest BCUT2D eigenvalue weighted by Gasteiger charge is 2.11. The Morgan fingerprint density at radius 2 is 2.23 bits per heavy atom. The fraction of sp³-hybridized carbons (Fsp3) is 0.263. The SMILES string of the molecule is CCn1ncc(CNC(=O)c2cc(COc3cccc(Cl)c3)cs2)c1C. The molecule has 3 aromatic rings. The number of aryl methyl sites for hydroxylation is 1. The molecule has 3 rings (SSSR count). The van der Waals surface area contributed by atoms with Crippen molar-refractivity contribution >= 4 is 28.8 Å². The van der Waals surface area contributed by atoms with E-state index in [1.807, 2.05) is 42.1 Å². The third-order valence-corrected chi connectivity index (χ3v) is 5.24. The van der Waals surface area contributed by atoms with Gasteiger partial charge in [-0.15, -0.1) is 11.3 Å². The number of rotatable bonds is 7. The Bertz CT molecular complexity index is 904. The van der Waals surface area contributed by atoms with Gasteiger partial charge in [0.15, 0.2) is 0 Å². The van der Waals surface area contributed by atoms with E-state index in [-0.39, 0.29) is 5.91 Å². The van der Waals surface area contributed by atoms with Crippen LogP contribution in [0.1, 0.15) is 33.4 Å². The minimum absolute atomic E-state index is 0.0901. The van der Waals surface area contributed by atoms with E-state index in [0.29, 0.717) is 28.8 Å². The van der Waals surface area contributed by atoms with Gasteiger partial charge in [0.1, 0.15) is 12.4 Å². The monoisotopic (exact) mass is 389 g/mol. The smallest absolute Gasteiger partial charge is 0.261 e. The summed E-state index contributed by atoms with van der Waals surface area (Å²) in [5, 5.41) is 9.80. The summed E-state index contributed by atoms with van der Waals surface area (Å²) in [6.45, 7) is 5.74. The predicted molar refractivity (Wildman–Crippen MR) is 104 cm³/mol. The molecule has 7 heteroatoms. The van der Waals surface area contributed by atoms with Gasteiger partial charge in [0.05, 0.1) is 11.1 Å². The molecule has 2 aromatic heterocycles. The molecule has 5 nitrogen and oxygen atoms in total. The molecule has 1 N–H and O–H groups in total. The molecule has 0 aliphatic rings. The summed E-state index contributed by atoms with van der Waals surface area (Å²) < 4.78 is 7.62. The van der Waals surface area contributed by atoms with E-state index in [9.17, 15) is 4.79 Å². The molecule has 26 heavy (non-hydrogen) atoms. The van der Waals surface area contributed by atoms with Crippen molar-refractivity contribution in [3.63, 3.8) is 0 Å². The Balaban J connectivity index is 1.55. The van der Waals surface area contributed by atoms with Gasteiger partial charge < -0.3 is 10.1 Å². The predicted octanol–water partition coefficient (Wildman–Crippen LogP) is 4.44. The van der Waals surface area contributed by atoms with Crippen molar-refractivity contribution in [2.45, 2.75) is 33.5 Å². The summed E-state index contributed by atoms with van der Waals surface area (Å²) in [6.07, 6.45) is 1.80. The molecule has 0 bridgehead atoms. The van der Waals surface area contributed by atoms with Crippen LogP contribution in [0.2, 0.25) is 5.02 Å². The van der Waals surface area contributed by atoms with Crippen LogP contribution in [0.4, 0.5) is 0 Å². The first-order chi connectivity index (χ1) is 12.6. The van der Waals surface area contributed by atoms with Gasteiger partial charge in [-0.1, -0.05) is 17.7 Å². The van der Waals surface area contributed by atoms with E-state index in [2.05, 4.69) is 10.4 Å². The lowest BCUT2D eigenvalue weighted by Crippen LogP contribution is -2.22. The van der Waals surface area contributed by atoms with Crippen molar-refractivity contribution in [1.29, 1.82) is 0 Å². The molecule has 0 aliphatic carbocycles. The quantitative estimate of drug-likeness (QED) is 0.650. The molecule has 0 aliphatic heterocycles. The van der Waals surface area contributed by atoms with Gasteiger partial charge in [-0.2, -0.15) is 5.10 Å². The van der Waals surface area contributed by atoms with Crippen molar-refractivity contribution in [2.24, 2.45) is 0 Å². The zero-order valence-electron chi connectivity index (χ0n) is 14.7. The van der Waals surface area contributed by atoms with Gasteiger partial charge in [-0.3, -0.25) is 9.48 Å². The number of carbonyl (C=O) groups is 1. The van der Waals surface area contributed by atoms with Crippen LogP contribution in [0.25, 0.3) is 0 Å². The van der Waals surface area contributed by atoms with Crippen molar-refractivity contribution in [2.75, 3.05) is 0 Å². The summed E-state index contributed by atoms with van der Waals surface area (Å²) in [7, 11) is 0. The van der Waals surface area contributed by atoms with Crippen LogP contribution in [0.15, 0.2) is 41.9 Å². The van der Waals surface area contributed by atoms with Crippen LogP contribution in [0.5, 0.6) is 5.75 Å². The lowest BCUT2D eigenvalue weighted by molar-refractivity contribution is 0.0955. The summed E-state index contributed by atoms with van der Waals surface area (Å²) in [4.78, 5) is 13.0. The van der Waals surface area contributed by atoms with Crippen molar-refractivity contribution < 1.29 is 9.53 Å². The van der Waals surface area contributed by atoms with E-state index in [0.717, 1.165) is 23.4 Å². The molecular formula is C19H20ClN3O2S. The van der Waals surface area contributed by atoms with Crippen LogP contribution < -0.4 is 10.1 Å². The second kappa shape index (κ2) is 8.38. The molecule has 1 amide bonds. The Kier molecular flexibility index (Phi) is 5.96. The summed E-state index contributed by atoms with van der Waals surface area (Å²) in [5.74, 6) is 0.616. The highest BCUT2D eigenvalue weighted by molar-refractivity contribution is 7.12. The third-order valence-electron chi connectivity index (χ3n) is 4.02. The molecule has 0 fully saturated rings. The van der Waals surface area contributed by atoms with Gasteiger partial charge in [-0.25, -0.2) is 0 Å². The molecule has 0 radical (unpaired) electrons. The number of hydrogen-bond acceptors (Lipinski definition) is 4. The molecule has 0 saturated heterocycles. The number of hydrogen-bond donors (Lipinski definition) is 1. The molecule has 0 spiro atoms. The van der Waals surface area contributed by atoms with Crippen molar-refractivity contribution in [1.82, 2.24) is 15.1 Å². The van der Waals surface area contributed by atoms with Crippen molar-refractivity contribution in [3.8, 4) is 5.75 Å². The molecule has 0 atom stereocenters. The van der Waals surface area contributed by atoms with Crippen LogP contribution in [-0.4, -0.2) is 15.7 Å². The van der Waals surface area contributed by atoms with E-state index in [1.165, 1.54) is 11.3 Å². The van der Waals surface area contributed by atoms with Crippen LogP contribution >= 0.6 is 22.9 Å². The Hall–Kier alpha value is -2.31. The average molecular weight is 390 g/mol. The third kappa shape index (κ3) is 4.45. The Labute approximate surface area is 161 Å². The highest BCUT2D eigenvalue weighted by atomic mass is 35.5. The van der Waals surface area contributed by atoms with Crippen LogP contribution in [0.3, 0.4) is 0 Å². The first-order valence-corrected chi connectivity index (χ1v) is 9.58. The number of nitrogens with zero attached hydrogens (tertiary/aromatic N) is 2. The Morgan fingerprint density at radius 3 is 2.96 bits per heavy atom. The van der Waals surface area contributed by atoms with E-state index in [4.69, 9.17) is 16.3 Å². The summed E-state index contributed by atoms with van der Waals surface area (Å²) in [5.41, 5.74) is 3.06. The lowest BCUT2D eigenvalue weighted by Gasteiger charge is -2.05. The Morgan fingerprint density at radius 1 is 1.38 bits per heavy atom. The van der Waals surface area contributed by atoms with Gasteiger partial charge in [0.2, 0.25) is 0 Å². The number of carbonyl (C=O) groups excluding carboxylic acids is 1. The second-order valence-corrected chi connectivity index (χ2v) is 7.17. The zero-order chi connectivity index (χ0) is 18.5. The molecule has 1 aromatic carbocycles. The van der Waals surface area contributed by atoms with E-state index < -0.39 is 0 Å². The van der Waals surface area contributed by atoms with Gasteiger partial charge >= 0.3 is 0 Å². The normalized spacial score (nSPS) is 10.7. The molecule has 0 unspecified atom stereocenters.